The van der Waals surface area contributed by atoms with Crippen molar-refractivity contribution in [3.05, 3.63) is 28.3 Å². The lowest BCUT2D eigenvalue weighted by atomic mass is 10.0. The molecule has 0 spiro atoms. The Kier molecular flexibility index (Phi) is 6.15. The highest BCUT2D eigenvalue weighted by Gasteiger charge is 2.27. The molecule has 0 bridgehead atoms. The molecule has 1 aromatic rings. The molecule has 1 atom stereocenters. The standard InChI is InChI=1S/C17H24ClNO4S/c1-11(2)14-7-15(18)12(3)6-16(14)23-9-17(20)19-8-13-4-5-24(21,22)10-13/h6-7,11,13H,4-5,8-10H2,1-3H3,(H,19,20)/t13-/m1/s1. The van der Waals surface area contributed by atoms with E-state index in [0.29, 0.717) is 23.7 Å². The summed E-state index contributed by atoms with van der Waals surface area (Å²) in [6.45, 7) is 6.24. The first-order valence-electron chi connectivity index (χ1n) is 8.08. The van der Waals surface area contributed by atoms with Crippen LogP contribution in [0.1, 0.15) is 37.3 Å². The molecule has 0 unspecified atom stereocenters. The van der Waals surface area contributed by atoms with Crippen molar-refractivity contribution in [1.29, 1.82) is 0 Å². The summed E-state index contributed by atoms with van der Waals surface area (Å²) in [5.74, 6) is 1.01. The van der Waals surface area contributed by atoms with E-state index in [4.69, 9.17) is 16.3 Å². The van der Waals surface area contributed by atoms with Gasteiger partial charge in [-0.1, -0.05) is 25.4 Å². The molecule has 1 amide bonds. The highest BCUT2D eigenvalue weighted by atomic mass is 35.5. The molecule has 0 aromatic heterocycles. The van der Waals surface area contributed by atoms with E-state index in [1.807, 2.05) is 32.9 Å². The van der Waals surface area contributed by atoms with Crippen LogP contribution in [0.25, 0.3) is 0 Å². The second kappa shape index (κ2) is 7.74. The summed E-state index contributed by atoms with van der Waals surface area (Å²) >= 11 is 6.15. The molecule has 1 N–H and O–H groups in total. The molecule has 1 aliphatic heterocycles. The first kappa shape index (κ1) is 19.1. The Morgan fingerprint density at radius 3 is 2.71 bits per heavy atom. The molecule has 1 aromatic carbocycles. The number of amides is 1. The third-order valence-corrected chi connectivity index (χ3v) is 6.43. The largest absolute Gasteiger partial charge is 0.483 e. The van der Waals surface area contributed by atoms with E-state index in [1.54, 1.807) is 0 Å². The zero-order valence-electron chi connectivity index (χ0n) is 14.3. The number of benzene rings is 1. The number of rotatable bonds is 6. The summed E-state index contributed by atoms with van der Waals surface area (Å²) in [5.41, 5.74) is 1.85. The van der Waals surface area contributed by atoms with E-state index in [0.717, 1.165) is 11.1 Å². The van der Waals surface area contributed by atoms with Gasteiger partial charge in [0.25, 0.3) is 5.91 Å². The summed E-state index contributed by atoms with van der Waals surface area (Å²) in [6.07, 6.45) is 0.608. The highest BCUT2D eigenvalue weighted by molar-refractivity contribution is 7.91. The third kappa shape index (κ3) is 5.11. The van der Waals surface area contributed by atoms with Gasteiger partial charge in [0.15, 0.2) is 16.4 Å². The molecule has 0 saturated carbocycles. The van der Waals surface area contributed by atoms with Crippen LogP contribution < -0.4 is 10.1 Å². The minimum absolute atomic E-state index is 0.00273. The van der Waals surface area contributed by atoms with Crippen molar-refractivity contribution in [3.8, 4) is 5.75 Å². The van der Waals surface area contributed by atoms with Gasteiger partial charge in [0.2, 0.25) is 0 Å². The van der Waals surface area contributed by atoms with E-state index in [-0.39, 0.29) is 35.9 Å². The van der Waals surface area contributed by atoms with Crippen LogP contribution in [0.4, 0.5) is 0 Å². The third-order valence-electron chi connectivity index (χ3n) is 4.19. The van der Waals surface area contributed by atoms with Crippen molar-refractivity contribution in [1.82, 2.24) is 5.32 Å². The molecule has 1 saturated heterocycles. The number of aryl methyl sites for hydroxylation is 1. The predicted molar refractivity (Wildman–Crippen MR) is 95.5 cm³/mol. The Morgan fingerprint density at radius 1 is 1.42 bits per heavy atom. The summed E-state index contributed by atoms with van der Waals surface area (Å²) in [4.78, 5) is 12.0. The van der Waals surface area contributed by atoms with Gasteiger partial charge in [-0.3, -0.25) is 4.79 Å². The normalized spacial score (nSPS) is 19.5. The fourth-order valence-corrected chi connectivity index (χ4v) is 4.77. The Balaban J connectivity index is 1.89. The Hall–Kier alpha value is -1.27. The van der Waals surface area contributed by atoms with Crippen LogP contribution in [0.5, 0.6) is 5.75 Å². The summed E-state index contributed by atoms with van der Waals surface area (Å²) in [6, 6.07) is 3.71. The van der Waals surface area contributed by atoms with Crippen LogP contribution in [-0.4, -0.2) is 39.0 Å². The van der Waals surface area contributed by atoms with Crippen LogP contribution >= 0.6 is 11.6 Å². The van der Waals surface area contributed by atoms with Crippen molar-refractivity contribution in [2.24, 2.45) is 5.92 Å². The van der Waals surface area contributed by atoms with E-state index in [9.17, 15) is 13.2 Å². The molecule has 0 radical (unpaired) electrons. The lowest BCUT2D eigenvalue weighted by Gasteiger charge is -2.16. The molecule has 1 aliphatic rings. The fraction of sp³-hybridized carbons (Fsp3) is 0.588. The number of hydrogen-bond donors (Lipinski definition) is 1. The zero-order valence-corrected chi connectivity index (χ0v) is 15.8. The second-order valence-electron chi connectivity index (χ2n) is 6.66. The monoisotopic (exact) mass is 373 g/mol. The van der Waals surface area contributed by atoms with E-state index < -0.39 is 9.84 Å². The zero-order chi connectivity index (χ0) is 17.9. The molecule has 24 heavy (non-hydrogen) atoms. The molecule has 1 fully saturated rings. The maximum absolute atomic E-state index is 12.0. The highest BCUT2D eigenvalue weighted by Crippen LogP contribution is 2.31. The van der Waals surface area contributed by atoms with Crippen LogP contribution in [0.2, 0.25) is 5.02 Å². The maximum atomic E-state index is 12.0. The van der Waals surface area contributed by atoms with Crippen molar-refractivity contribution < 1.29 is 17.9 Å². The number of halogens is 1. The van der Waals surface area contributed by atoms with Gasteiger partial charge in [0, 0.05) is 11.6 Å². The number of nitrogens with one attached hydrogen (secondary N) is 1. The Bertz CT molecular complexity index is 716. The number of carbonyl (C=O) groups excluding carboxylic acids is 1. The molecule has 1 heterocycles. The second-order valence-corrected chi connectivity index (χ2v) is 9.29. The van der Waals surface area contributed by atoms with Gasteiger partial charge in [-0.05, 0) is 48.4 Å². The lowest BCUT2D eigenvalue weighted by Crippen LogP contribution is -2.33. The van der Waals surface area contributed by atoms with Crippen LogP contribution in [-0.2, 0) is 14.6 Å². The smallest absolute Gasteiger partial charge is 0.257 e. The first-order chi connectivity index (χ1) is 11.2. The molecule has 134 valence electrons. The molecule has 5 nitrogen and oxygen atoms in total. The van der Waals surface area contributed by atoms with Crippen molar-refractivity contribution in [2.75, 3.05) is 24.7 Å². The van der Waals surface area contributed by atoms with Crippen LogP contribution in [0, 0.1) is 12.8 Å². The Labute approximate surface area is 148 Å². The maximum Gasteiger partial charge on any atom is 0.257 e. The molecular formula is C17H24ClNO4S. The van der Waals surface area contributed by atoms with Gasteiger partial charge in [-0.2, -0.15) is 0 Å². The topological polar surface area (TPSA) is 72.5 Å². The first-order valence-corrected chi connectivity index (χ1v) is 10.3. The molecule has 0 aliphatic carbocycles. The number of sulfone groups is 1. The number of ether oxygens (including phenoxy) is 1. The van der Waals surface area contributed by atoms with E-state index in [2.05, 4.69) is 5.32 Å². The van der Waals surface area contributed by atoms with Crippen molar-refractivity contribution in [3.63, 3.8) is 0 Å². The number of hydrogen-bond acceptors (Lipinski definition) is 4. The van der Waals surface area contributed by atoms with Gasteiger partial charge in [-0.25, -0.2) is 8.42 Å². The van der Waals surface area contributed by atoms with Crippen molar-refractivity contribution in [2.45, 2.75) is 33.1 Å². The number of carbonyl (C=O) groups is 1. The summed E-state index contributed by atoms with van der Waals surface area (Å²) < 4.78 is 28.5. The SMILES string of the molecule is Cc1cc(OCC(=O)NC[C@H]2CCS(=O)(=O)C2)c(C(C)C)cc1Cl. The average molecular weight is 374 g/mol. The van der Waals surface area contributed by atoms with Crippen molar-refractivity contribution >= 4 is 27.3 Å². The lowest BCUT2D eigenvalue weighted by molar-refractivity contribution is -0.123. The van der Waals surface area contributed by atoms with Gasteiger partial charge in [-0.15, -0.1) is 0 Å². The fourth-order valence-electron chi connectivity index (χ4n) is 2.73. The van der Waals surface area contributed by atoms with Crippen LogP contribution in [0.15, 0.2) is 12.1 Å². The predicted octanol–water partition coefficient (Wildman–Crippen LogP) is 2.70. The van der Waals surface area contributed by atoms with Gasteiger partial charge < -0.3 is 10.1 Å². The van der Waals surface area contributed by atoms with Gasteiger partial charge >= 0.3 is 0 Å². The van der Waals surface area contributed by atoms with E-state index >= 15 is 0 Å². The van der Waals surface area contributed by atoms with E-state index in [1.165, 1.54) is 0 Å². The summed E-state index contributed by atoms with van der Waals surface area (Å²) in [7, 11) is -2.92. The average Bonchev–Trinajstić information content (AvgIpc) is 2.85. The minimum Gasteiger partial charge on any atom is -0.483 e. The summed E-state index contributed by atoms with van der Waals surface area (Å²) in [5, 5.41) is 3.43. The molecular weight excluding hydrogens is 350 g/mol. The minimum atomic E-state index is -2.92. The molecule has 2 rings (SSSR count). The quantitative estimate of drug-likeness (QED) is 0.832. The van der Waals surface area contributed by atoms with Crippen LogP contribution in [0.3, 0.4) is 0 Å². The van der Waals surface area contributed by atoms with Gasteiger partial charge in [0.05, 0.1) is 11.5 Å². The van der Waals surface area contributed by atoms with Gasteiger partial charge in [0.1, 0.15) is 5.75 Å². The Morgan fingerprint density at radius 2 is 2.12 bits per heavy atom. The molecule has 7 heteroatoms.